The van der Waals surface area contributed by atoms with Crippen molar-refractivity contribution >= 4 is 5.91 Å². The van der Waals surface area contributed by atoms with Crippen molar-refractivity contribution in [3.63, 3.8) is 0 Å². The van der Waals surface area contributed by atoms with E-state index in [9.17, 15) is 25.2 Å². The molecule has 4 atom stereocenters. The quantitative estimate of drug-likeness (QED) is 0.0309. The molecule has 1 amide bonds. The first kappa shape index (κ1) is 61.0. The molecule has 0 aliphatic heterocycles. The Balaban J connectivity index is 3.54. The van der Waals surface area contributed by atoms with Crippen LogP contribution >= 0.6 is 0 Å². The van der Waals surface area contributed by atoms with Crippen molar-refractivity contribution in [3.8, 4) is 0 Å². The first-order valence-corrected chi connectivity index (χ1v) is 28.1. The fraction of sp³-hybridized carbons (Fsp3) is 0.946. The summed E-state index contributed by atoms with van der Waals surface area (Å²) in [5.41, 5.74) is 0. The van der Waals surface area contributed by atoms with Crippen LogP contribution in [0.15, 0.2) is 12.2 Å². The lowest BCUT2D eigenvalue weighted by Crippen LogP contribution is -2.53. The number of rotatable bonds is 52. The fourth-order valence-electron chi connectivity index (χ4n) is 9.06. The van der Waals surface area contributed by atoms with Gasteiger partial charge in [-0.1, -0.05) is 283 Å². The lowest BCUT2D eigenvalue weighted by Gasteiger charge is -2.27. The van der Waals surface area contributed by atoms with Crippen LogP contribution in [0.3, 0.4) is 0 Å². The van der Waals surface area contributed by atoms with Crippen LogP contribution in [0.4, 0.5) is 0 Å². The minimum atomic E-state index is -1.28. The number of aliphatic hydroxyl groups excluding tert-OH is 4. The molecule has 0 aromatic rings. The standard InChI is InChI=1S/C56H111NO5/c1-3-5-7-9-11-13-15-17-19-20-21-22-23-24-25-26-27-28-29-30-31-32-33-34-35-36-38-40-42-44-46-48-50-54(60)56(62)57-52(51-58)55(61)53(59)49-47-45-43-41-39-37-18-16-14-12-10-8-6-4-2/h41,43,52-55,58-61H,3-40,42,44-51H2,1-2H3,(H,57,62)/b43-41+. The minimum Gasteiger partial charge on any atom is -0.394 e. The molecule has 0 aliphatic carbocycles. The summed E-state index contributed by atoms with van der Waals surface area (Å²) in [5, 5.41) is 43.8. The highest BCUT2D eigenvalue weighted by atomic mass is 16.3. The summed E-state index contributed by atoms with van der Waals surface area (Å²) >= 11 is 0. The van der Waals surface area contributed by atoms with E-state index in [-0.39, 0.29) is 0 Å². The van der Waals surface area contributed by atoms with Gasteiger partial charge < -0.3 is 25.7 Å². The van der Waals surface area contributed by atoms with Gasteiger partial charge >= 0.3 is 0 Å². The van der Waals surface area contributed by atoms with E-state index in [0.29, 0.717) is 12.8 Å². The molecular weight excluding hydrogens is 767 g/mol. The van der Waals surface area contributed by atoms with E-state index in [2.05, 4.69) is 31.3 Å². The Bertz CT molecular complexity index is 898. The SMILES string of the molecule is CCCCCCCCCCC/C=C/CCCC(O)C(O)C(CO)NC(=O)C(O)CCCCCCCCCCCCCCCCCCCCCCCCCCCCCCCCCC. The van der Waals surface area contributed by atoms with Crippen LogP contribution in [0, 0.1) is 0 Å². The Kier molecular flexibility index (Phi) is 50.3. The van der Waals surface area contributed by atoms with Gasteiger partial charge in [0.2, 0.25) is 5.91 Å². The molecule has 62 heavy (non-hydrogen) atoms. The van der Waals surface area contributed by atoms with Crippen molar-refractivity contribution in [3.05, 3.63) is 12.2 Å². The van der Waals surface area contributed by atoms with Gasteiger partial charge in [-0.25, -0.2) is 0 Å². The van der Waals surface area contributed by atoms with Crippen molar-refractivity contribution in [2.24, 2.45) is 0 Å². The lowest BCUT2D eigenvalue weighted by molar-refractivity contribution is -0.132. The van der Waals surface area contributed by atoms with Gasteiger partial charge in [0, 0.05) is 0 Å². The smallest absolute Gasteiger partial charge is 0.249 e. The Hall–Kier alpha value is -0.950. The minimum absolute atomic E-state index is 0.369. The van der Waals surface area contributed by atoms with Crippen LogP contribution in [0.5, 0.6) is 0 Å². The second kappa shape index (κ2) is 51.0. The molecular formula is C56H111NO5. The number of allylic oxidation sites excluding steroid dienone is 2. The van der Waals surface area contributed by atoms with Crippen LogP contribution in [0.1, 0.15) is 309 Å². The average Bonchev–Trinajstić information content (AvgIpc) is 3.28. The van der Waals surface area contributed by atoms with Crippen LogP contribution < -0.4 is 5.32 Å². The number of amides is 1. The summed E-state index contributed by atoms with van der Waals surface area (Å²) in [4.78, 5) is 12.6. The molecule has 0 rings (SSSR count). The Morgan fingerprint density at radius 2 is 0.661 bits per heavy atom. The Morgan fingerprint density at radius 1 is 0.387 bits per heavy atom. The molecule has 0 bridgehead atoms. The molecule has 0 saturated carbocycles. The highest BCUT2D eigenvalue weighted by molar-refractivity contribution is 5.80. The summed E-state index contributed by atoms with van der Waals surface area (Å²) in [6, 6.07) is -0.998. The van der Waals surface area contributed by atoms with Crippen LogP contribution in [0.25, 0.3) is 0 Å². The molecule has 6 heteroatoms. The Morgan fingerprint density at radius 3 is 0.968 bits per heavy atom. The van der Waals surface area contributed by atoms with Crippen LogP contribution in [-0.2, 0) is 4.79 Å². The third-order valence-corrected chi connectivity index (χ3v) is 13.5. The molecule has 0 aromatic heterocycles. The van der Waals surface area contributed by atoms with Gasteiger partial charge in [-0.3, -0.25) is 4.79 Å². The topological polar surface area (TPSA) is 110 Å². The monoisotopic (exact) mass is 878 g/mol. The molecule has 4 unspecified atom stereocenters. The third kappa shape index (κ3) is 44.3. The van der Waals surface area contributed by atoms with Crippen molar-refractivity contribution in [2.45, 2.75) is 334 Å². The number of carbonyl (C=O) groups is 1. The van der Waals surface area contributed by atoms with E-state index in [1.807, 2.05) is 0 Å². The molecule has 0 fully saturated rings. The maximum Gasteiger partial charge on any atom is 0.249 e. The van der Waals surface area contributed by atoms with Crippen LogP contribution in [-0.4, -0.2) is 57.3 Å². The summed E-state index contributed by atoms with van der Waals surface area (Å²) < 4.78 is 0. The second-order valence-electron chi connectivity index (χ2n) is 19.6. The second-order valence-corrected chi connectivity index (χ2v) is 19.6. The van der Waals surface area contributed by atoms with Gasteiger partial charge in [0.1, 0.15) is 12.2 Å². The van der Waals surface area contributed by atoms with E-state index >= 15 is 0 Å². The van der Waals surface area contributed by atoms with Gasteiger partial charge in [-0.15, -0.1) is 0 Å². The molecule has 0 spiro atoms. The lowest BCUT2D eigenvalue weighted by atomic mass is 10.00. The first-order chi connectivity index (χ1) is 30.5. The molecule has 0 aliphatic rings. The van der Waals surface area contributed by atoms with Gasteiger partial charge in [0.15, 0.2) is 0 Å². The van der Waals surface area contributed by atoms with Gasteiger partial charge in [-0.2, -0.15) is 0 Å². The van der Waals surface area contributed by atoms with E-state index in [0.717, 1.165) is 38.5 Å². The molecule has 0 saturated heterocycles. The summed E-state index contributed by atoms with van der Waals surface area (Å²) in [7, 11) is 0. The van der Waals surface area contributed by atoms with E-state index < -0.39 is 36.9 Å². The largest absolute Gasteiger partial charge is 0.394 e. The number of nitrogens with one attached hydrogen (secondary N) is 1. The molecule has 0 heterocycles. The zero-order valence-corrected chi connectivity index (χ0v) is 41.9. The predicted molar refractivity (Wildman–Crippen MR) is 270 cm³/mol. The number of unbranched alkanes of at least 4 members (excludes halogenated alkanes) is 41. The zero-order chi connectivity index (χ0) is 45.2. The van der Waals surface area contributed by atoms with Crippen molar-refractivity contribution in [1.29, 1.82) is 0 Å². The average molecular weight is 879 g/mol. The van der Waals surface area contributed by atoms with Crippen molar-refractivity contribution in [1.82, 2.24) is 5.32 Å². The van der Waals surface area contributed by atoms with Crippen molar-refractivity contribution < 1.29 is 25.2 Å². The Labute approximate surface area is 387 Å². The van der Waals surface area contributed by atoms with E-state index in [1.54, 1.807) is 0 Å². The molecule has 0 radical (unpaired) electrons. The van der Waals surface area contributed by atoms with Gasteiger partial charge in [0.25, 0.3) is 0 Å². The summed E-state index contributed by atoms with van der Waals surface area (Å²) in [6.45, 7) is 4.06. The zero-order valence-electron chi connectivity index (χ0n) is 41.9. The van der Waals surface area contributed by atoms with E-state index in [4.69, 9.17) is 0 Å². The number of hydrogen-bond acceptors (Lipinski definition) is 5. The van der Waals surface area contributed by atoms with Crippen molar-refractivity contribution in [2.75, 3.05) is 6.61 Å². The third-order valence-electron chi connectivity index (χ3n) is 13.5. The van der Waals surface area contributed by atoms with Gasteiger partial charge in [0.05, 0.1) is 18.8 Å². The predicted octanol–water partition coefficient (Wildman–Crippen LogP) is 16.1. The molecule has 370 valence electrons. The summed E-state index contributed by atoms with van der Waals surface area (Å²) in [6.07, 6.45) is 60.1. The van der Waals surface area contributed by atoms with Gasteiger partial charge in [-0.05, 0) is 38.5 Å². The van der Waals surface area contributed by atoms with E-state index in [1.165, 1.54) is 244 Å². The maximum atomic E-state index is 12.6. The summed E-state index contributed by atoms with van der Waals surface area (Å²) in [5.74, 6) is -0.588. The molecule has 0 aromatic carbocycles. The number of carbonyl (C=O) groups excluding carboxylic acids is 1. The number of hydrogen-bond donors (Lipinski definition) is 5. The molecule has 6 nitrogen and oxygen atoms in total. The first-order valence-electron chi connectivity index (χ1n) is 28.1. The van der Waals surface area contributed by atoms with Crippen LogP contribution in [0.2, 0.25) is 0 Å². The normalized spacial score (nSPS) is 13.8. The number of aliphatic hydroxyl groups is 4. The molecule has 5 N–H and O–H groups in total. The highest BCUT2D eigenvalue weighted by Gasteiger charge is 2.28. The fourth-order valence-corrected chi connectivity index (χ4v) is 9.06. The maximum absolute atomic E-state index is 12.6. The highest BCUT2D eigenvalue weighted by Crippen LogP contribution is 2.18.